The quantitative estimate of drug-likeness (QED) is 0.614. The molecule has 1 aromatic carbocycles. The number of nitrogen functional groups attached to an aromatic ring is 1. The molecule has 2 N–H and O–H groups in total. The van der Waals surface area contributed by atoms with Crippen molar-refractivity contribution in [1.82, 2.24) is 20.2 Å². The van der Waals surface area contributed by atoms with Gasteiger partial charge in [-0.05, 0) is 22.6 Å². The highest BCUT2D eigenvalue weighted by molar-refractivity contribution is 5.43. The summed E-state index contributed by atoms with van der Waals surface area (Å²) in [7, 11) is 0. The second-order valence-electron chi connectivity index (χ2n) is 3.95. The molecule has 1 aromatic heterocycles. The summed E-state index contributed by atoms with van der Waals surface area (Å²) in [6.07, 6.45) is 1.69. The van der Waals surface area contributed by atoms with Gasteiger partial charge in [0, 0.05) is 31.1 Å². The first-order valence-corrected chi connectivity index (χ1v) is 6.03. The van der Waals surface area contributed by atoms with Gasteiger partial charge < -0.3 is 10.5 Å². The number of nitrogens with two attached hydrogens (primary N) is 1. The van der Waals surface area contributed by atoms with Gasteiger partial charge >= 0.3 is 0 Å². The predicted octanol–water partition coefficient (Wildman–Crippen LogP) is 1.29. The van der Waals surface area contributed by atoms with E-state index in [4.69, 9.17) is 10.5 Å². The molecule has 0 unspecified atom stereocenters. The molecule has 6 nitrogen and oxygen atoms in total. The molecule has 6 heteroatoms. The highest BCUT2D eigenvalue weighted by atomic mass is 16.5. The maximum Gasteiger partial charge on any atom is 0.150 e. The molecule has 0 radical (unpaired) electrons. The number of tetrazole rings is 1. The lowest BCUT2D eigenvalue weighted by Crippen LogP contribution is -2.09. The Balaban J connectivity index is 1.76. The van der Waals surface area contributed by atoms with Crippen molar-refractivity contribution < 1.29 is 4.74 Å². The molecule has 0 bridgehead atoms. The summed E-state index contributed by atoms with van der Waals surface area (Å²) in [5.41, 5.74) is 6.38. The van der Waals surface area contributed by atoms with Gasteiger partial charge in [0.1, 0.15) is 5.75 Å². The van der Waals surface area contributed by atoms with E-state index in [0.29, 0.717) is 12.3 Å². The zero-order valence-electron chi connectivity index (χ0n) is 10.4. The number of hydrogen-bond donors (Lipinski definition) is 1. The average molecular weight is 247 g/mol. The lowest BCUT2D eigenvalue weighted by molar-refractivity contribution is 0.297. The molecule has 0 aliphatic carbocycles. The SMILES string of the molecule is CCc1nnnn1CCCOc1cccc(N)c1. The monoisotopic (exact) mass is 247 g/mol. The Morgan fingerprint density at radius 2 is 2.28 bits per heavy atom. The first kappa shape index (κ1) is 12.3. The van der Waals surface area contributed by atoms with Crippen LogP contribution in [0, 0.1) is 0 Å². The van der Waals surface area contributed by atoms with Crippen LogP contribution in [-0.2, 0) is 13.0 Å². The molecule has 0 saturated heterocycles. The van der Waals surface area contributed by atoms with Gasteiger partial charge in [-0.3, -0.25) is 0 Å². The van der Waals surface area contributed by atoms with Crippen molar-refractivity contribution in [3.05, 3.63) is 30.1 Å². The fourth-order valence-electron chi connectivity index (χ4n) is 1.66. The average Bonchev–Trinajstić information content (AvgIpc) is 2.82. The van der Waals surface area contributed by atoms with E-state index in [1.165, 1.54) is 0 Å². The topological polar surface area (TPSA) is 78.8 Å². The van der Waals surface area contributed by atoms with Crippen molar-refractivity contribution in [2.45, 2.75) is 26.3 Å². The predicted molar refractivity (Wildman–Crippen MR) is 68.2 cm³/mol. The van der Waals surface area contributed by atoms with Crippen molar-refractivity contribution in [3.8, 4) is 5.75 Å². The standard InChI is InChI=1S/C12H17N5O/c1-2-12-14-15-16-17(12)7-4-8-18-11-6-3-5-10(13)9-11/h3,5-6,9H,2,4,7-8,13H2,1H3. The maximum atomic E-state index is 5.67. The molecule has 18 heavy (non-hydrogen) atoms. The number of ether oxygens (including phenoxy) is 1. The van der Waals surface area contributed by atoms with Gasteiger partial charge in [-0.2, -0.15) is 0 Å². The highest BCUT2D eigenvalue weighted by Gasteiger charge is 2.02. The third kappa shape index (κ3) is 3.19. The molecule has 2 aromatic rings. The molecule has 1 heterocycles. The Morgan fingerprint density at radius 1 is 1.39 bits per heavy atom. The summed E-state index contributed by atoms with van der Waals surface area (Å²) < 4.78 is 7.40. The summed E-state index contributed by atoms with van der Waals surface area (Å²) in [5, 5.41) is 11.5. The summed E-state index contributed by atoms with van der Waals surface area (Å²) in [6, 6.07) is 7.42. The molecule has 0 aliphatic rings. The number of anilines is 1. The number of benzene rings is 1. The van der Waals surface area contributed by atoms with Gasteiger partial charge in [-0.15, -0.1) is 5.10 Å². The van der Waals surface area contributed by atoms with Crippen molar-refractivity contribution in [2.75, 3.05) is 12.3 Å². The summed E-state index contributed by atoms with van der Waals surface area (Å²) in [6.45, 7) is 3.41. The molecule has 2 rings (SSSR count). The van der Waals surface area contributed by atoms with Crippen molar-refractivity contribution >= 4 is 5.69 Å². The van der Waals surface area contributed by atoms with E-state index in [0.717, 1.165) is 31.0 Å². The van der Waals surface area contributed by atoms with Crippen LogP contribution in [0.4, 0.5) is 5.69 Å². The van der Waals surface area contributed by atoms with E-state index in [1.807, 2.05) is 35.9 Å². The van der Waals surface area contributed by atoms with Gasteiger partial charge in [-0.25, -0.2) is 4.68 Å². The second kappa shape index (κ2) is 6.00. The van der Waals surface area contributed by atoms with Crippen LogP contribution in [-0.4, -0.2) is 26.8 Å². The van der Waals surface area contributed by atoms with Crippen LogP contribution >= 0.6 is 0 Å². The third-order valence-electron chi connectivity index (χ3n) is 2.56. The highest BCUT2D eigenvalue weighted by Crippen LogP contribution is 2.14. The first-order chi connectivity index (χ1) is 8.79. The van der Waals surface area contributed by atoms with E-state index in [2.05, 4.69) is 15.5 Å². The number of aromatic nitrogens is 4. The summed E-state index contributed by atoms with van der Waals surface area (Å²) >= 11 is 0. The van der Waals surface area contributed by atoms with Crippen molar-refractivity contribution in [1.29, 1.82) is 0 Å². The molecule has 0 fully saturated rings. The maximum absolute atomic E-state index is 5.67. The van der Waals surface area contributed by atoms with E-state index < -0.39 is 0 Å². The second-order valence-corrected chi connectivity index (χ2v) is 3.95. The van der Waals surface area contributed by atoms with E-state index >= 15 is 0 Å². The number of nitrogens with zero attached hydrogens (tertiary/aromatic N) is 4. The number of aryl methyl sites for hydroxylation is 2. The lowest BCUT2D eigenvalue weighted by Gasteiger charge is -2.07. The minimum Gasteiger partial charge on any atom is -0.493 e. The van der Waals surface area contributed by atoms with Crippen molar-refractivity contribution in [2.24, 2.45) is 0 Å². The zero-order chi connectivity index (χ0) is 12.8. The van der Waals surface area contributed by atoms with Gasteiger partial charge in [-0.1, -0.05) is 13.0 Å². The van der Waals surface area contributed by atoms with Crippen molar-refractivity contribution in [3.63, 3.8) is 0 Å². The fraction of sp³-hybridized carbons (Fsp3) is 0.417. The third-order valence-corrected chi connectivity index (χ3v) is 2.56. The largest absolute Gasteiger partial charge is 0.493 e. The smallest absolute Gasteiger partial charge is 0.150 e. The number of rotatable bonds is 6. The van der Waals surface area contributed by atoms with Crippen LogP contribution in [0.5, 0.6) is 5.75 Å². The van der Waals surface area contributed by atoms with E-state index in [9.17, 15) is 0 Å². The van der Waals surface area contributed by atoms with Crippen LogP contribution < -0.4 is 10.5 Å². The molecule has 0 saturated carbocycles. The minimum absolute atomic E-state index is 0.618. The van der Waals surface area contributed by atoms with Gasteiger partial charge in [0.2, 0.25) is 0 Å². The Kier molecular flexibility index (Phi) is 4.11. The lowest BCUT2D eigenvalue weighted by atomic mass is 10.3. The minimum atomic E-state index is 0.618. The van der Waals surface area contributed by atoms with Crippen LogP contribution in [0.25, 0.3) is 0 Å². The summed E-state index contributed by atoms with van der Waals surface area (Å²) in [4.78, 5) is 0. The molecule has 0 amide bonds. The number of hydrogen-bond acceptors (Lipinski definition) is 5. The van der Waals surface area contributed by atoms with Crippen LogP contribution in [0.2, 0.25) is 0 Å². The van der Waals surface area contributed by atoms with Crippen LogP contribution in [0.1, 0.15) is 19.2 Å². The molecule has 96 valence electrons. The molecular formula is C12H17N5O. The Morgan fingerprint density at radius 3 is 3.06 bits per heavy atom. The Hall–Kier alpha value is -2.11. The Labute approximate surface area is 106 Å². The van der Waals surface area contributed by atoms with Gasteiger partial charge in [0.05, 0.1) is 6.61 Å². The van der Waals surface area contributed by atoms with Crippen LogP contribution in [0.3, 0.4) is 0 Å². The van der Waals surface area contributed by atoms with E-state index in [-0.39, 0.29) is 0 Å². The first-order valence-electron chi connectivity index (χ1n) is 6.03. The molecule has 0 spiro atoms. The van der Waals surface area contributed by atoms with Gasteiger partial charge in [0.15, 0.2) is 5.82 Å². The van der Waals surface area contributed by atoms with E-state index in [1.54, 1.807) is 0 Å². The zero-order valence-corrected chi connectivity index (χ0v) is 10.4. The fourth-order valence-corrected chi connectivity index (χ4v) is 1.66. The van der Waals surface area contributed by atoms with Gasteiger partial charge in [0.25, 0.3) is 0 Å². The summed E-state index contributed by atoms with van der Waals surface area (Å²) in [5.74, 6) is 1.70. The molecule has 0 atom stereocenters. The molecular weight excluding hydrogens is 230 g/mol. The normalized spacial score (nSPS) is 10.5. The molecule has 0 aliphatic heterocycles. The Bertz CT molecular complexity index is 497. The van der Waals surface area contributed by atoms with Crippen LogP contribution in [0.15, 0.2) is 24.3 Å².